The summed E-state index contributed by atoms with van der Waals surface area (Å²) in [6, 6.07) is 9.29. The molecule has 0 aromatic heterocycles. The van der Waals surface area contributed by atoms with Gasteiger partial charge >= 0.3 is 12.1 Å². The number of carbonyl (C=O) groups excluding carboxylic acids is 1. The van der Waals surface area contributed by atoms with Gasteiger partial charge in [-0.3, -0.25) is 0 Å². The summed E-state index contributed by atoms with van der Waals surface area (Å²) in [7, 11) is 0. The molecule has 0 fully saturated rings. The van der Waals surface area contributed by atoms with Gasteiger partial charge in [-0.15, -0.1) is 0 Å². The van der Waals surface area contributed by atoms with Crippen LogP contribution in [0.2, 0.25) is 0 Å². The maximum absolute atomic E-state index is 12.3. The molecule has 0 amide bonds. The van der Waals surface area contributed by atoms with Crippen molar-refractivity contribution in [2.45, 2.75) is 51.3 Å². The zero-order valence-corrected chi connectivity index (χ0v) is 12.5. The molecule has 1 rings (SSSR count). The Kier molecular flexibility index (Phi) is 7.51. The molecule has 0 saturated heterocycles. The van der Waals surface area contributed by atoms with E-state index in [1.54, 1.807) is 0 Å². The van der Waals surface area contributed by atoms with Crippen LogP contribution in [-0.4, -0.2) is 18.2 Å². The highest BCUT2D eigenvalue weighted by Crippen LogP contribution is 2.19. The van der Waals surface area contributed by atoms with Gasteiger partial charge < -0.3 is 4.74 Å². The largest absolute Gasteiger partial charge is 0.490 e. The van der Waals surface area contributed by atoms with Crippen molar-refractivity contribution in [3.8, 4) is 11.8 Å². The van der Waals surface area contributed by atoms with Crippen molar-refractivity contribution in [2.24, 2.45) is 0 Å². The van der Waals surface area contributed by atoms with Crippen molar-refractivity contribution in [3.63, 3.8) is 0 Å². The monoisotopic (exact) mass is 312 g/mol. The summed E-state index contributed by atoms with van der Waals surface area (Å²) in [6.45, 7) is 2.00. The van der Waals surface area contributed by atoms with Crippen LogP contribution in [0.15, 0.2) is 30.3 Å². The fourth-order valence-electron chi connectivity index (χ4n) is 1.75. The number of esters is 1. The Bertz CT molecular complexity index is 512. The highest BCUT2D eigenvalue weighted by atomic mass is 19.4. The average Bonchev–Trinajstić information content (AvgIpc) is 2.48. The maximum Gasteiger partial charge on any atom is 0.490 e. The van der Waals surface area contributed by atoms with Crippen molar-refractivity contribution in [1.82, 2.24) is 0 Å². The molecule has 0 saturated carbocycles. The molecule has 0 spiro atoms. The summed E-state index contributed by atoms with van der Waals surface area (Å²) in [5, 5.41) is 0. The number of unbranched alkanes of at least 4 members (excludes halogenated alkanes) is 2. The lowest BCUT2D eigenvalue weighted by Gasteiger charge is -2.14. The fourth-order valence-corrected chi connectivity index (χ4v) is 1.75. The maximum atomic E-state index is 12.3. The summed E-state index contributed by atoms with van der Waals surface area (Å²) in [4.78, 5) is 11.0. The normalized spacial score (nSPS) is 12.2. The third kappa shape index (κ3) is 7.16. The number of benzene rings is 1. The smallest absolute Gasteiger partial charge is 0.442 e. The minimum atomic E-state index is -4.99. The fraction of sp³-hybridized carbons (Fsp3) is 0.471. The Hall–Kier alpha value is -1.96. The molecule has 5 heteroatoms. The van der Waals surface area contributed by atoms with E-state index in [9.17, 15) is 18.0 Å². The lowest BCUT2D eigenvalue weighted by Crippen LogP contribution is -2.29. The number of alkyl halides is 3. The number of halogens is 3. The van der Waals surface area contributed by atoms with Gasteiger partial charge in [-0.1, -0.05) is 55.5 Å². The first-order valence-electron chi connectivity index (χ1n) is 7.23. The molecule has 22 heavy (non-hydrogen) atoms. The summed E-state index contributed by atoms with van der Waals surface area (Å²) in [5.74, 6) is 3.23. The van der Waals surface area contributed by atoms with Crippen molar-refractivity contribution in [2.75, 3.05) is 0 Å². The summed E-state index contributed by atoms with van der Waals surface area (Å²) in [5.41, 5.74) is 0.964. The minimum Gasteiger partial charge on any atom is -0.442 e. The molecule has 120 valence electrons. The second kappa shape index (κ2) is 9.14. The van der Waals surface area contributed by atoms with E-state index in [1.807, 2.05) is 37.3 Å². The first kappa shape index (κ1) is 18.1. The third-order valence-corrected chi connectivity index (χ3v) is 2.94. The molecule has 0 heterocycles. The van der Waals surface area contributed by atoms with Gasteiger partial charge in [-0.05, 0) is 24.8 Å². The van der Waals surface area contributed by atoms with Crippen LogP contribution in [0.5, 0.6) is 0 Å². The van der Waals surface area contributed by atoms with Gasteiger partial charge in [0.2, 0.25) is 0 Å². The zero-order valence-electron chi connectivity index (χ0n) is 12.5. The Morgan fingerprint density at radius 3 is 2.55 bits per heavy atom. The van der Waals surface area contributed by atoms with Crippen LogP contribution in [0, 0.1) is 11.8 Å². The first-order chi connectivity index (χ1) is 10.4. The van der Waals surface area contributed by atoms with Crippen LogP contribution in [0.25, 0.3) is 0 Å². The van der Waals surface area contributed by atoms with Gasteiger partial charge in [0.05, 0.1) is 0 Å². The molecule has 1 aromatic rings. The molecule has 1 atom stereocenters. The number of aryl methyl sites for hydroxylation is 1. The Morgan fingerprint density at radius 2 is 1.95 bits per heavy atom. The van der Waals surface area contributed by atoms with Crippen molar-refractivity contribution < 1.29 is 22.7 Å². The van der Waals surface area contributed by atoms with Crippen molar-refractivity contribution >= 4 is 5.97 Å². The molecular weight excluding hydrogens is 293 g/mol. The van der Waals surface area contributed by atoms with Gasteiger partial charge in [-0.25, -0.2) is 4.79 Å². The summed E-state index contributed by atoms with van der Waals surface area (Å²) in [6.07, 6.45) is -2.88. The van der Waals surface area contributed by atoms with Crippen molar-refractivity contribution in [3.05, 3.63) is 35.9 Å². The van der Waals surface area contributed by atoms with E-state index in [0.29, 0.717) is 12.8 Å². The number of rotatable bonds is 6. The van der Waals surface area contributed by atoms with Gasteiger partial charge in [0.25, 0.3) is 0 Å². The minimum absolute atomic E-state index is 0.241. The van der Waals surface area contributed by atoms with Crippen LogP contribution in [-0.2, 0) is 16.0 Å². The molecule has 0 aliphatic heterocycles. The lowest BCUT2D eigenvalue weighted by molar-refractivity contribution is -0.202. The standard InChI is InChI=1S/C17H19F3O2/c1-2-3-4-8-11-15(22-16(21)17(18,19)20)13-12-14-9-6-5-7-10-14/h5-7,9-10,15H,2-4,12-13H2,1H3. The first-order valence-corrected chi connectivity index (χ1v) is 7.23. The number of carbonyl (C=O) groups is 1. The highest BCUT2D eigenvalue weighted by Gasteiger charge is 2.42. The van der Waals surface area contributed by atoms with E-state index < -0.39 is 18.2 Å². The SMILES string of the molecule is CCCCC#CC(CCc1ccccc1)OC(=O)C(F)(F)F. The summed E-state index contributed by atoms with van der Waals surface area (Å²) >= 11 is 0. The second-order valence-electron chi connectivity index (χ2n) is 4.84. The van der Waals surface area contributed by atoms with Gasteiger partial charge in [0.15, 0.2) is 6.10 Å². The van der Waals surface area contributed by atoms with Crippen LogP contribution in [0.1, 0.15) is 38.2 Å². The number of hydrogen-bond donors (Lipinski definition) is 0. The van der Waals surface area contributed by atoms with Gasteiger partial charge in [0.1, 0.15) is 0 Å². The third-order valence-electron chi connectivity index (χ3n) is 2.94. The second-order valence-corrected chi connectivity index (χ2v) is 4.84. The van der Waals surface area contributed by atoms with E-state index in [-0.39, 0.29) is 6.42 Å². The summed E-state index contributed by atoms with van der Waals surface area (Å²) < 4.78 is 41.4. The molecule has 0 aliphatic carbocycles. The zero-order chi connectivity index (χ0) is 16.4. The Morgan fingerprint density at radius 1 is 1.27 bits per heavy atom. The number of hydrogen-bond acceptors (Lipinski definition) is 2. The molecule has 0 aliphatic rings. The van der Waals surface area contributed by atoms with E-state index in [0.717, 1.165) is 18.4 Å². The van der Waals surface area contributed by atoms with Crippen LogP contribution < -0.4 is 0 Å². The van der Waals surface area contributed by atoms with Crippen molar-refractivity contribution in [1.29, 1.82) is 0 Å². The van der Waals surface area contributed by atoms with Crippen LogP contribution in [0.4, 0.5) is 13.2 Å². The highest BCUT2D eigenvalue weighted by molar-refractivity contribution is 5.76. The Labute approximate surface area is 128 Å². The molecule has 0 N–H and O–H groups in total. The molecule has 1 unspecified atom stereocenters. The Balaban J connectivity index is 2.64. The quantitative estimate of drug-likeness (QED) is 0.445. The van der Waals surface area contributed by atoms with E-state index in [1.165, 1.54) is 0 Å². The van der Waals surface area contributed by atoms with Crippen LogP contribution >= 0.6 is 0 Å². The van der Waals surface area contributed by atoms with E-state index in [4.69, 9.17) is 0 Å². The average molecular weight is 312 g/mol. The predicted molar refractivity (Wildman–Crippen MR) is 78.0 cm³/mol. The topological polar surface area (TPSA) is 26.3 Å². The van der Waals surface area contributed by atoms with E-state index >= 15 is 0 Å². The lowest BCUT2D eigenvalue weighted by atomic mass is 10.1. The van der Waals surface area contributed by atoms with Gasteiger partial charge in [-0.2, -0.15) is 13.2 Å². The molecule has 0 radical (unpaired) electrons. The van der Waals surface area contributed by atoms with Crippen LogP contribution in [0.3, 0.4) is 0 Å². The van der Waals surface area contributed by atoms with E-state index in [2.05, 4.69) is 16.6 Å². The molecule has 1 aromatic carbocycles. The molecule has 0 bridgehead atoms. The van der Waals surface area contributed by atoms with Gasteiger partial charge in [0, 0.05) is 6.42 Å². The molecule has 2 nitrogen and oxygen atoms in total. The number of ether oxygens (including phenoxy) is 1. The molecular formula is C17H19F3O2. The predicted octanol–water partition coefficient (Wildman–Crippen LogP) is 4.29.